The Labute approximate surface area is 214 Å². The highest BCUT2D eigenvalue weighted by molar-refractivity contribution is 6.16. The van der Waals surface area contributed by atoms with Gasteiger partial charge in [-0.05, 0) is 63.4 Å². The molecule has 0 saturated carbocycles. The summed E-state index contributed by atoms with van der Waals surface area (Å²) in [6.45, 7) is 18.2. The highest BCUT2D eigenvalue weighted by atomic mass is 16.5. The molecule has 6 rings (SSSR count). The fourth-order valence-electron chi connectivity index (χ4n) is 6.09. The molecule has 0 fully saturated rings. The van der Waals surface area contributed by atoms with E-state index in [0.29, 0.717) is 0 Å². The number of fused-ring (bicyclic) bond motifs is 5. The third-order valence-electron chi connectivity index (χ3n) is 7.94. The van der Waals surface area contributed by atoms with Gasteiger partial charge in [0.05, 0.1) is 10.9 Å². The topological polar surface area (TPSA) is 13.1 Å². The summed E-state index contributed by atoms with van der Waals surface area (Å²) in [7, 11) is 2.16. The molecule has 0 radical (unpaired) electrons. The van der Waals surface area contributed by atoms with E-state index in [1.807, 2.05) is 0 Å². The summed E-state index contributed by atoms with van der Waals surface area (Å²) < 4.78 is 9.28. The molecule has 0 saturated heterocycles. The maximum absolute atomic E-state index is 7.00. The Morgan fingerprint density at radius 1 is 0.722 bits per heavy atom. The van der Waals surface area contributed by atoms with Crippen LogP contribution in [0.1, 0.15) is 63.8 Å². The number of aromatic nitrogens is 1. The first-order valence-electron chi connectivity index (χ1n) is 13.0. The lowest BCUT2D eigenvalue weighted by atomic mass is 9.78. The van der Waals surface area contributed by atoms with Gasteiger partial charge in [-0.15, -0.1) is 0 Å². The summed E-state index contributed by atoms with van der Waals surface area (Å²) in [4.78, 5) is 0. The summed E-state index contributed by atoms with van der Waals surface area (Å²) in [6, 6.07) is 18.3. The maximum Gasteiger partial charge on any atom is 0.228 e. The minimum absolute atomic E-state index is 0.0779. The van der Waals surface area contributed by atoms with E-state index in [1.54, 1.807) is 0 Å². The van der Waals surface area contributed by atoms with Crippen molar-refractivity contribution < 1.29 is 9.30 Å². The summed E-state index contributed by atoms with van der Waals surface area (Å²) in [6.07, 6.45) is 2.21. The van der Waals surface area contributed by atoms with Crippen LogP contribution in [-0.4, -0.2) is 0 Å². The van der Waals surface area contributed by atoms with Crippen LogP contribution in [0.15, 0.2) is 54.7 Å². The Hall–Kier alpha value is -3.39. The van der Waals surface area contributed by atoms with Gasteiger partial charge in [-0.1, -0.05) is 83.5 Å². The Balaban J connectivity index is 1.81. The number of rotatable bonds is 0. The van der Waals surface area contributed by atoms with Gasteiger partial charge in [-0.25, -0.2) is 4.57 Å². The van der Waals surface area contributed by atoms with Gasteiger partial charge in [0, 0.05) is 17.0 Å². The molecule has 0 bridgehead atoms. The third kappa shape index (κ3) is 3.20. The van der Waals surface area contributed by atoms with Crippen LogP contribution in [0.4, 0.5) is 0 Å². The molecular formula is C34H36NO+. The molecule has 0 amide bonds. The van der Waals surface area contributed by atoms with E-state index < -0.39 is 0 Å². The van der Waals surface area contributed by atoms with Gasteiger partial charge < -0.3 is 4.74 Å². The maximum atomic E-state index is 7.00. The van der Waals surface area contributed by atoms with Gasteiger partial charge in [0.1, 0.15) is 18.5 Å². The number of benzene rings is 4. The van der Waals surface area contributed by atoms with E-state index in [1.165, 1.54) is 65.8 Å². The van der Waals surface area contributed by atoms with Crippen LogP contribution >= 0.6 is 0 Å². The van der Waals surface area contributed by atoms with E-state index in [9.17, 15) is 0 Å². The standard InChI is InChI=1S/C34H36NO/c1-19-10-12-25-26(16-19)20(2)28-31-29-24(14-15-35(31)9)23-13-11-22(33(3,4)5)17-21(23)18-27(29)36-32(28)30(25)34(6,7)8/h10-18H,1-9H3/q+1. The van der Waals surface area contributed by atoms with Crippen LogP contribution in [0.2, 0.25) is 0 Å². The normalized spacial score (nSPS) is 13.4. The lowest BCUT2D eigenvalue weighted by Gasteiger charge is -2.31. The molecule has 1 aliphatic heterocycles. The average molecular weight is 475 g/mol. The van der Waals surface area contributed by atoms with Gasteiger partial charge in [-0.2, -0.15) is 0 Å². The van der Waals surface area contributed by atoms with Crippen molar-refractivity contribution in [3.8, 4) is 22.8 Å². The molecule has 36 heavy (non-hydrogen) atoms. The quantitative estimate of drug-likeness (QED) is 0.158. The summed E-state index contributed by atoms with van der Waals surface area (Å²) in [5, 5.41) is 7.58. The van der Waals surface area contributed by atoms with Crippen molar-refractivity contribution in [1.82, 2.24) is 0 Å². The summed E-state index contributed by atoms with van der Waals surface area (Å²) in [5.74, 6) is 1.97. The molecule has 0 spiro atoms. The zero-order chi connectivity index (χ0) is 25.7. The Morgan fingerprint density at radius 3 is 2.14 bits per heavy atom. The molecule has 0 N–H and O–H groups in total. The highest BCUT2D eigenvalue weighted by Crippen LogP contribution is 2.54. The molecule has 5 aromatic rings. The van der Waals surface area contributed by atoms with Crippen molar-refractivity contribution in [2.75, 3.05) is 0 Å². The second kappa shape index (κ2) is 7.32. The van der Waals surface area contributed by atoms with Gasteiger partial charge in [0.15, 0.2) is 6.20 Å². The summed E-state index contributed by atoms with van der Waals surface area (Å²) >= 11 is 0. The molecule has 1 aromatic heterocycles. The van der Waals surface area contributed by atoms with E-state index in [-0.39, 0.29) is 10.8 Å². The highest BCUT2D eigenvalue weighted by Gasteiger charge is 2.36. The van der Waals surface area contributed by atoms with Gasteiger partial charge in [0.25, 0.3) is 0 Å². The zero-order valence-corrected chi connectivity index (χ0v) is 23.1. The molecule has 0 aliphatic carbocycles. The minimum atomic E-state index is -0.0779. The number of nitrogens with zero attached hydrogens (tertiary/aromatic N) is 1. The van der Waals surface area contributed by atoms with Crippen LogP contribution < -0.4 is 9.30 Å². The molecule has 1 aliphatic rings. The van der Waals surface area contributed by atoms with Crippen LogP contribution in [0.5, 0.6) is 11.5 Å². The van der Waals surface area contributed by atoms with Crippen molar-refractivity contribution in [3.63, 3.8) is 0 Å². The first-order chi connectivity index (χ1) is 16.9. The fraction of sp³-hybridized carbons (Fsp3) is 0.324. The molecule has 182 valence electrons. The number of pyridine rings is 1. The number of hydrogen-bond acceptors (Lipinski definition) is 1. The predicted octanol–water partition coefficient (Wildman–Crippen LogP) is 8.96. The van der Waals surface area contributed by atoms with Crippen molar-refractivity contribution in [1.29, 1.82) is 0 Å². The van der Waals surface area contributed by atoms with Crippen molar-refractivity contribution >= 4 is 32.3 Å². The molecule has 2 heterocycles. The Kier molecular flexibility index (Phi) is 4.68. The summed E-state index contributed by atoms with van der Waals surface area (Å²) in [5.41, 5.74) is 7.68. The number of ether oxygens (including phenoxy) is 1. The van der Waals surface area contributed by atoms with Crippen molar-refractivity contribution in [3.05, 3.63) is 77.0 Å². The van der Waals surface area contributed by atoms with E-state index in [0.717, 1.165) is 11.5 Å². The molecule has 0 unspecified atom stereocenters. The van der Waals surface area contributed by atoms with Crippen LogP contribution in [0.3, 0.4) is 0 Å². The van der Waals surface area contributed by atoms with E-state index >= 15 is 0 Å². The molecule has 0 atom stereocenters. The monoisotopic (exact) mass is 474 g/mol. The predicted molar refractivity (Wildman–Crippen MR) is 153 cm³/mol. The molecule has 2 nitrogen and oxygen atoms in total. The lowest BCUT2D eigenvalue weighted by molar-refractivity contribution is -0.659. The van der Waals surface area contributed by atoms with Crippen LogP contribution in [0, 0.1) is 13.8 Å². The lowest BCUT2D eigenvalue weighted by Crippen LogP contribution is -2.32. The van der Waals surface area contributed by atoms with Crippen molar-refractivity contribution in [2.45, 2.75) is 66.2 Å². The fourth-order valence-corrected chi connectivity index (χ4v) is 6.09. The van der Waals surface area contributed by atoms with Crippen LogP contribution in [-0.2, 0) is 17.9 Å². The third-order valence-corrected chi connectivity index (χ3v) is 7.94. The second-order valence-electron chi connectivity index (χ2n) is 12.7. The smallest absolute Gasteiger partial charge is 0.228 e. The number of hydrogen-bond donors (Lipinski definition) is 0. The second-order valence-corrected chi connectivity index (χ2v) is 12.7. The Morgan fingerprint density at radius 2 is 1.44 bits per heavy atom. The first-order valence-corrected chi connectivity index (χ1v) is 13.0. The Bertz CT molecular complexity index is 1740. The van der Waals surface area contributed by atoms with Gasteiger partial charge in [-0.3, -0.25) is 0 Å². The minimum Gasteiger partial charge on any atom is -0.455 e. The van der Waals surface area contributed by atoms with Gasteiger partial charge >= 0.3 is 0 Å². The van der Waals surface area contributed by atoms with Crippen LogP contribution in [0.25, 0.3) is 43.6 Å². The van der Waals surface area contributed by atoms with E-state index in [2.05, 4.69) is 122 Å². The van der Waals surface area contributed by atoms with E-state index in [4.69, 9.17) is 4.74 Å². The largest absolute Gasteiger partial charge is 0.455 e. The SMILES string of the molecule is Cc1ccc2c(C(C)(C)C)c3c(c(C)c2c1)-c1c2c(cc4cc(C(C)(C)C)ccc4c2cc[n+]1C)O3. The molecule has 2 heteroatoms. The zero-order valence-electron chi connectivity index (χ0n) is 23.1. The number of aryl methyl sites for hydroxylation is 3. The molecule has 4 aromatic carbocycles. The molecular weight excluding hydrogens is 438 g/mol. The van der Waals surface area contributed by atoms with Crippen molar-refractivity contribution in [2.24, 2.45) is 7.05 Å². The average Bonchev–Trinajstić information content (AvgIpc) is 2.79. The van der Waals surface area contributed by atoms with Gasteiger partial charge in [0.2, 0.25) is 5.69 Å². The first kappa shape index (κ1) is 23.0.